The summed E-state index contributed by atoms with van der Waals surface area (Å²) in [4.78, 5) is 14.1. The molecule has 18 heavy (non-hydrogen) atoms. The third-order valence-corrected chi connectivity index (χ3v) is 2.92. The summed E-state index contributed by atoms with van der Waals surface area (Å²) in [6.07, 6.45) is 3.34. The van der Waals surface area contributed by atoms with Crippen LogP contribution in [0.2, 0.25) is 0 Å². The molecule has 0 heterocycles. The third kappa shape index (κ3) is 3.95. The summed E-state index contributed by atoms with van der Waals surface area (Å²) in [6, 6.07) is 6.93. The lowest BCUT2D eigenvalue weighted by atomic mass is 10.1. The van der Waals surface area contributed by atoms with E-state index in [9.17, 15) is 4.79 Å². The topological polar surface area (TPSA) is 56.5 Å². The Bertz CT molecular complexity index is 404. The molecule has 1 amide bonds. The van der Waals surface area contributed by atoms with Crippen molar-refractivity contribution in [2.45, 2.75) is 33.1 Å². The second-order valence-electron chi connectivity index (χ2n) is 4.25. The molecule has 98 valence electrons. The van der Waals surface area contributed by atoms with Gasteiger partial charge in [0.1, 0.15) is 0 Å². The van der Waals surface area contributed by atoms with Gasteiger partial charge in [0, 0.05) is 18.7 Å². The molecule has 1 aromatic carbocycles. The summed E-state index contributed by atoms with van der Waals surface area (Å²) in [5, 5.41) is 3.35. The maximum absolute atomic E-state index is 12.3. The zero-order valence-electron chi connectivity index (χ0n) is 11.1. The molecule has 0 aliphatic heterocycles. The van der Waals surface area contributed by atoms with Crippen LogP contribution in [0.3, 0.4) is 0 Å². The number of carbonyl (C=O) groups excluding carboxylic acids is 1. The van der Waals surface area contributed by atoms with Gasteiger partial charge in [-0.3, -0.25) is 4.79 Å². The van der Waals surface area contributed by atoms with Crippen LogP contribution < -0.4 is 0 Å². The van der Waals surface area contributed by atoms with Crippen molar-refractivity contribution < 1.29 is 4.79 Å². The van der Waals surface area contributed by atoms with Gasteiger partial charge >= 0.3 is 0 Å². The van der Waals surface area contributed by atoms with Gasteiger partial charge in [-0.05, 0) is 31.5 Å². The number of hydrogen-bond donors (Lipinski definition) is 1. The van der Waals surface area contributed by atoms with Crippen LogP contribution in [0.4, 0.5) is 5.69 Å². The predicted molar refractivity (Wildman–Crippen MR) is 72.4 cm³/mol. The van der Waals surface area contributed by atoms with E-state index in [0.29, 0.717) is 17.8 Å². The van der Waals surface area contributed by atoms with Crippen molar-refractivity contribution in [1.29, 1.82) is 5.53 Å². The summed E-state index contributed by atoms with van der Waals surface area (Å²) >= 11 is 0. The predicted octanol–water partition coefficient (Wildman–Crippen LogP) is 4.00. The zero-order valence-corrected chi connectivity index (χ0v) is 11.1. The monoisotopic (exact) mass is 247 g/mol. The Labute approximate surface area is 109 Å². The molecule has 0 aromatic heterocycles. The number of unbranched alkanes of at least 4 members (excludes halogenated alkanes) is 2. The van der Waals surface area contributed by atoms with Crippen molar-refractivity contribution in [3.63, 3.8) is 0 Å². The summed E-state index contributed by atoms with van der Waals surface area (Å²) < 4.78 is 0. The number of hydrogen-bond acceptors (Lipinski definition) is 3. The number of nitrogens with zero attached hydrogens (tertiary/aromatic N) is 2. The number of amides is 1. The minimum absolute atomic E-state index is 0.0269. The molecule has 0 aliphatic carbocycles. The van der Waals surface area contributed by atoms with E-state index in [1.165, 1.54) is 0 Å². The van der Waals surface area contributed by atoms with E-state index in [4.69, 9.17) is 5.53 Å². The van der Waals surface area contributed by atoms with Gasteiger partial charge in [0.15, 0.2) is 0 Å². The van der Waals surface area contributed by atoms with Crippen LogP contribution >= 0.6 is 0 Å². The van der Waals surface area contributed by atoms with Gasteiger partial charge in [0.25, 0.3) is 5.91 Å². The van der Waals surface area contributed by atoms with Crippen LogP contribution in [-0.2, 0) is 0 Å². The van der Waals surface area contributed by atoms with Crippen molar-refractivity contribution in [2.24, 2.45) is 5.11 Å². The van der Waals surface area contributed by atoms with E-state index in [2.05, 4.69) is 12.0 Å². The second kappa shape index (κ2) is 7.58. The molecule has 0 radical (unpaired) electrons. The first kappa shape index (κ1) is 14.4. The molecule has 4 heteroatoms. The van der Waals surface area contributed by atoms with Crippen LogP contribution in [0.5, 0.6) is 0 Å². The lowest BCUT2D eigenvalue weighted by Gasteiger charge is -2.20. The first-order chi connectivity index (χ1) is 8.72. The normalized spacial score (nSPS) is 10.1. The minimum atomic E-state index is 0.0269. The summed E-state index contributed by atoms with van der Waals surface area (Å²) in [5.74, 6) is 0.0269. The highest BCUT2D eigenvalue weighted by atomic mass is 16.2. The smallest absolute Gasteiger partial charge is 0.253 e. The van der Waals surface area contributed by atoms with E-state index >= 15 is 0 Å². The molecule has 0 spiro atoms. The quantitative estimate of drug-likeness (QED) is 0.574. The van der Waals surface area contributed by atoms with Crippen LogP contribution in [0, 0.1) is 5.53 Å². The Morgan fingerprint density at radius 3 is 2.72 bits per heavy atom. The van der Waals surface area contributed by atoms with E-state index in [0.717, 1.165) is 25.8 Å². The van der Waals surface area contributed by atoms with Crippen molar-refractivity contribution in [3.05, 3.63) is 29.8 Å². The maximum Gasteiger partial charge on any atom is 0.253 e. The largest absolute Gasteiger partial charge is 0.339 e. The molecular formula is C14H21N3O. The first-order valence-electron chi connectivity index (χ1n) is 6.49. The van der Waals surface area contributed by atoms with Crippen LogP contribution in [0.1, 0.15) is 43.5 Å². The van der Waals surface area contributed by atoms with Crippen molar-refractivity contribution in [3.8, 4) is 0 Å². The van der Waals surface area contributed by atoms with Gasteiger partial charge in [-0.15, -0.1) is 0 Å². The number of carbonyl (C=O) groups is 1. The first-order valence-corrected chi connectivity index (χ1v) is 6.49. The fraction of sp³-hybridized carbons (Fsp3) is 0.500. The Hall–Kier alpha value is -1.71. The highest BCUT2D eigenvalue weighted by Crippen LogP contribution is 2.15. The van der Waals surface area contributed by atoms with Crippen LogP contribution in [-0.4, -0.2) is 23.9 Å². The fourth-order valence-corrected chi connectivity index (χ4v) is 1.85. The molecule has 0 aliphatic rings. The molecule has 1 N–H and O–H groups in total. The highest BCUT2D eigenvalue weighted by molar-refractivity contribution is 5.94. The van der Waals surface area contributed by atoms with Crippen molar-refractivity contribution in [1.82, 2.24) is 4.90 Å². The Morgan fingerprint density at radius 2 is 2.11 bits per heavy atom. The Morgan fingerprint density at radius 1 is 1.33 bits per heavy atom. The molecule has 0 saturated heterocycles. The van der Waals surface area contributed by atoms with Gasteiger partial charge in [0.2, 0.25) is 0 Å². The number of nitrogens with one attached hydrogen (secondary N) is 1. The van der Waals surface area contributed by atoms with Crippen LogP contribution in [0.15, 0.2) is 29.4 Å². The Kier molecular flexibility index (Phi) is 6.05. The summed E-state index contributed by atoms with van der Waals surface area (Å²) in [6.45, 7) is 5.65. The van der Waals surface area contributed by atoms with E-state index < -0.39 is 0 Å². The molecule has 0 bridgehead atoms. The third-order valence-electron chi connectivity index (χ3n) is 2.92. The van der Waals surface area contributed by atoms with Gasteiger partial charge < -0.3 is 4.90 Å². The molecule has 0 unspecified atom stereocenters. The number of rotatable bonds is 7. The molecule has 0 atom stereocenters. The lowest BCUT2D eigenvalue weighted by Crippen LogP contribution is -2.31. The maximum atomic E-state index is 12.3. The minimum Gasteiger partial charge on any atom is -0.339 e. The van der Waals surface area contributed by atoms with Gasteiger partial charge in [-0.2, -0.15) is 5.11 Å². The highest BCUT2D eigenvalue weighted by Gasteiger charge is 2.13. The Balaban J connectivity index is 2.72. The van der Waals surface area contributed by atoms with Crippen molar-refractivity contribution >= 4 is 11.6 Å². The van der Waals surface area contributed by atoms with Gasteiger partial charge in [-0.1, -0.05) is 25.8 Å². The van der Waals surface area contributed by atoms with Crippen molar-refractivity contribution in [2.75, 3.05) is 13.1 Å². The summed E-state index contributed by atoms with van der Waals surface area (Å²) in [7, 11) is 0. The molecule has 1 rings (SSSR count). The van der Waals surface area contributed by atoms with E-state index in [-0.39, 0.29) is 5.91 Å². The molecule has 0 fully saturated rings. The average molecular weight is 247 g/mol. The van der Waals surface area contributed by atoms with Gasteiger partial charge in [0.05, 0.1) is 5.69 Å². The summed E-state index contributed by atoms with van der Waals surface area (Å²) in [5.41, 5.74) is 8.10. The molecule has 4 nitrogen and oxygen atoms in total. The van der Waals surface area contributed by atoms with Gasteiger partial charge in [-0.25, -0.2) is 5.53 Å². The lowest BCUT2D eigenvalue weighted by molar-refractivity contribution is 0.0761. The van der Waals surface area contributed by atoms with Crippen LogP contribution in [0.25, 0.3) is 0 Å². The molecule has 1 aromatic rings. The molecule has 0 saturated carbocycles. The zero-order chi connectivity index (χ0) is 13.4. The molecular weight excluding hydrogens is 226 g/mol. The van der Waals surface area contributed by atoms with E-state index in [1.807, 2.05) is 11.8 Å². The standard InChI is InChI=1S/C14H21N3O/c1-3-5-6-10-17(4-2)14(18)12-8-7-9-13(11-12)16-15/h7-9,11,15H,3-6,10H2,1-2H3. The SMILES string of the molecule is CCCCCN(CC)C(=O)c1cccc(N=N)c1. The average Bonchev–Trinajstić information content (AvgIpc) is 2.43. The van der Waals surface area contributed by atoms with E-state index in [1.54, 1.807) is 24.3 Å². The fourth-order valence-electron chi connectivity index (χ4n) is 1.85. The number of benzene rings is 1. The second-order valence-corrected chi connectivity index (χ2v) is 4.25.